The van der Waals surface area contributed by atoms with Gasteiger partial charge < -0.3 is 11.1 Å². The first-order valence-corrected chi connectivity index (χ1v) is 7.49. The van der Waals surface area contributed by atoms with Gasteiger partial charge in [0.05, 0.1) is 11.1 Å². The second-order valence-electron chi connectivity index (χ2n) is 4.26. The molecule has 0 aliphatic heterocycles. The number of carbonyl (C=O) groups excluding carboxylic acids is 1. The summed E-state index contributed by atoms with van der Waals surface area (Å²) in [5, 5.41) is 2.58. The molecule has 3 N–H and O–H groups in total. The molecule has 1 rings (SSSR count). The van der Waals surface area contributed by atoms with Crippen molar-refractivity contribution in [1.29, 1.82) is 0 Å². The molecule has 0 aromatic heterocycles. The molecule has 0 aliphatic rings. The Morgan fingerprint density at radius 1 is 1.35 bits per heavy atom. The first kappa shape index (κ1) is 16.7. The van der Waals surface area contributed by atoms with Crippen LogP contribution in [-0.2, 0) is 6.18 Å². The van der Waals surface area contributed by atoms with Crippen molar-refractivity contribution in [3.8, 4) is 0 Å². The Morgan fingerprint density at radius 2 is 2.05 bits per heavy atom. The normalized spacial score (nSPS) is 11.4. The predicted octanol–water partition coefficient (Wildman–Crippen LogP) is 3.16. The molecule has 3 nitrogen and oxygen atoms in total. The lowest BCUT2D eigenvalue weighted by Crippen LogP contribution is -2.26. The molecule has 1 aromatic rings. The van der Waals surface area contributed by atoms with Gasteiger partial charge in [-0.15, -0.1) is 0 Å². The van der Waals surface area contributed by atoms with E-state index in [1.807, 2.05) is 6.26 Å². The fraction of sp³-hybridized carbons (Fsp3) is 0.462. The Kier molecular flexibility index (Phi) is 6.19. The van der Waals surface area contributed by atoms with Gasteiger partial charge >= 0.3 is 6.18 Å². The number of alkyl halides is 3. The van der Waals surface area contributed by atoms with Gasteiger partial charge in [-0.05, 0) is 43.0 Å². The number of nitrogens with one attached hydrogen (secondary N) is 1. The number of unbranched alkanes of at least 4 members (excludes halogenated alkanes) is 1. The number of rotatable bonds is 6. The van der Waals surface area contributed by atoms with E-state index in [1.54, 1.807) is 11.8 Å². The Balaban J connectivity index is 2.67. The number of nitrogen functional groups attached to an aromatic ring is 1. The highest BCUT2D eigenvalue weighted by molar-refractivity contribution is 7.98. The summed E-state index contributed by atoms with van der Waals surface area (Å²) in [6.07, 6.45) is -0.770. The van der Waals surface area contributed by atoms with Crippen LogP contribution in [0, 0.1) is 0 Å². The predicted molar refractivity (Wildman–Crippen MR) is 75.8 cm³/mol. The van der Waals surface area contributed by atoms with Crippen LogP contribution in [0.1, 0.15) is 28.8 Å². The summed E-state index contributed by atoms with van der Waals surface area (Å²) in [4.78, 5) is 11.8. The number of benzene rings is 1. The molecular formula is C13H17F3N2OS. The molecule has 0 unspecified atom stereocenters. The number of hydrogen-bond donors (Lipinski definition) is 2. The Bertz CT molecular complexity index is 463. The summed E-state index contributed by atoms with van der Waals surface area (Å²) >= 11 is 1.71. The summed E-state index contributed by atoms with van der Waals surface area (Å²) in [5.41, 5.74) is 4.59. The van der Waals surface area contributed by atoms with Crippen LogP contribution in [0.4, 0.5) is 18.9 Å². The number of amides is 1. The summed E-state index contributed by atoms with van der Waals surface area (Å²) in [7, 11) is 0. The van der Waals surface area contributed by atoms with Crippen molar-refractivity contribution in [3.05, 3.63) is 29.3 Å². The second kappa shape index (κ2) is 7.42. The molecule has 0 heterocycles. The molecule has 1 amide bonds. The van der Waals surface area contributed by atoms with Gasteiger partial charge in [-0.25, -0.2) is 0 Å². The average Bonchev–Trinajstić information content (AvgIpc) is 2.37. The van der Waals surface area contributed by atoms with Gasteiger partial charge in [-0.3, -0.25) is 4.79 Å². The van der Waals surface area contributed by atoms with Crippen molar-refractivity contribution in [2.75, 3.05) is 24.3 Å². The van der Waals surface area contributed by atoms with Crippen LogP contribution < -0.4 is 11.1 Å². The van der Waals surface area contributed by atoms with E-state index in [4.69, 9.17) is 5.73 Å². The van der Waals surface area contributed by atoms with E-state index in [0.29, 0.717) is 6.54 Å². The third kappa shape index (κ3) is 4.96. The van der Waals surface area contributed by atoms with Crippen LogP contribution in [0.15, 0.2) is 18.2 Å². The lowest BCUT2D eigenvalue weighted by atomic mass is 10.1. The Labute approximate surface area is 120 Å². The molecule has 0 bridgehead atoms. The maximum absolute atomic E-state index is 12.6. The van der Waals surface area contributed by atoms with Gasteiger partial charge in [0.1, 0.15) is 0 Å². The fourth-order valence-corrected chi connectivity index (χ4v) is 2.09. The van der Waals surface area contributed by atoms with E-state index < -0.39 is 17.6 Å². The summed E-state index contributed by atoms with van der Waals surface area (Å²) in [6, 6.07) is 2.75. The lowest BCUT2D eigenvalue weighted by Gasteiger charge is -2.11. The number of anilines is 1. The molecule has 0 fully saturated rings. The van der Waals surface area contributed by atoms with Gasteiger partial charge in [-0.2, -0.15) is 24.9 Å². The van der Waals surface area contributed by atoms with Crippen LogP contribution in [0.25, 0.3) is 0 Å². The number of nitrogens with two attached hydrogens (primary N) is 1. The molecule has 0 atom stereocenters. The third-order valence-electron chi connectivity index (χ3n) is 2.69. The number of halogens is 3. The van der Waals surface area contributed by atoms with Crippen LogP contribution in [0.5, 0.6) is 0 Å². The van der Waals surface area contributed by atoms with Gasteiger partial charge in [0, 0.05) is 12.2 Å². The van der Waals surface area contributed by atoms with Crippen molar-refractivity contribution in [1.82, 2.24) is 5.32 Å². The van der Waals surface area contributed by atoms with E-state index in [1.165, 1.54) is 0 Å². The second-order valence-corrected chi connectivity index (χ2v) is 5.24. The Hall–Kier alpha value is -1.37. The van der Waals surface area contributed by atoms with E-state index in [9.17, 15) is 18.0 Å². The fourth-order valence-electron chi connectivity index (χ4n) is 1.60. The van der Waals surface area contributed by atoms with Gasteiger partial charge in [0.2, 0.25) is 0 Å². The van der Waals surface area contributed by atoms with Crippen LogP contribution in [0.2, 0.25) is 0 Å². The topological polar surface area (TPSA) is 55.1 Å². The van der Waals surface area contributed by atoms with Crippen molar-refractivity contribution in [2.24, 2.45) is 0 Å². The molecule has 1 aromatic carbocycles. The standard InChI is InChI=1S/C13H17F3N2OS/c1-20-7-3-2-6-18-12(19)10-8-9(13(14,15)16)4-5-11(10)17/h4-5,8H,2-3,6-7,17H2,1H3,(H,18,19). The molecule has 7 heteroatoms. The maximum atomic E-state index is 12.6. The highest BCUT2D eigenvalue weighted by atomic mass is 32.2. The highest BCUT2D eigenvalue weighted by Crippen LogP contribution is 2.31. The zero-order chi connectivity index (χ0) is 15.2. The molecular weight excluding hydrogens is 289 g/mol. The molecule has 0 saturated heterocycles. The maximum Gasteiger partial charge on any atom is 0.416 e. The van der Waals surface area contributed by atoms with E-state index in [0.717, 1.165) is 36.8 Å². The van der Waals surface area contributed by atoms with Crippen LogP contribution in [-0.4, -0.2) is 24.5 Å². The number of hydrogen-bond acceptors (Lipinski definition) is 3. The first-order valence-electron chi connectivity index (χ1n) is 6.10. The summed E-state index contributed by atoms with van der Waals surface area (Å²) in [6.45, 7) is 0.426. The van der Waals surface area contributed by atoms with Gasteiger partial charge in [0.25, 0.3) is 5.91 Å². The van der Waals surface area contributed by atoms with Gasteiger partial charge in [-0.1, -0.05) is 0 Å². The largest absolute Gasteiger partial charge is 0.416 e. The van der Waals surface area contributed by atoms with E-state index in [-0.39, 0.29) is 11.3 Å². The molecule has 0 aliphatic carbocycles. The van der Waals surface area contributed by atoms with E-state index in [2.05, 4.69) is 5.32 Å². The SMILES string of the molecule is CSCCCCNC(=O)c1cc(C(F)(F)F)ccc1N. The van der Waals surface area contributed by atoms with Crippen LogP contribution in [0.3, 0.4) is 0 Å². The summed E-state index contributed by atoms with van der Waals surface area (Å²) in [5.74, 6) is 0.416. The zero-order valence-corrected chi connectivity index (χ0v) is 11.9. The third-order valence-corrected chi connectivity index (χ3v) is 3.38. The smallest absolute Gasteiger partial charge is 0.398 e. The molecule has 0 saturated carbocycles. The van der Waals surface area contributed by atoms with E-state index >= 15 is 0 Å². The van der Waals surface area contributed by atoms with Gasteiger partial charge in [0.15, 0.2) is 0 Å². The average molecular weight is 306 g/mol. The highest BCUT2D eigenvalue weighted by Gasteiger charge is 2.31. The zero-order valence-electron chi connectivity index (χ0n) is 11.1. The minimum Gasteiger partial charge on any atom is -0.398 e. The molecule has 0 spiro atoms. The monoisotopic (exact) mass is 306 g/mol. The van der Waals surface area contributed by atoms with Crippen molar-refractivity contribution in [2.45, 2.75) is 19.0 Å². The van der Waals surface area contributed by atoms with Crippen LogP contribution >= 0.6 is 11.8 Å². The summed E-state index contributed by atoms with van der Waals surface area (Å²) < 4.78 is 37.7. The first-order chi connectivity index (χ1) is 9.36. The minimum atomic E-state index is -4.49. The number of carbonyl (C=O) groups is 1. The Morgan fingerprint density at radius 3 is 2.65 bits per heavy atom. The van der Waals surface area contributed by atoms with Crippen molar-refractivity contribution in [3.63, 3.8) is 0 Å². The lowest BCUT2D eigenvalue weighted by molar-refractivity contribution is -0.137. The van der Waals surface area contributed by atoms with Crippen molar-refractivity contribution < 1.29 is 18.0 Å². The minimum absolute atomic E-state index is 0.0413. The van der Waals surface area contributed by atoms with Crippen molar-refractivity contribution >= 4 is 23.4 Å². The molecule has 0 radical (unpaired) electrons. The molecule has 112 valence electrons. The molecule has 20 heavy (non-hydrogen) atoms. The quantitative estimate of drug-likeness (QED) is 0.627. The number of thioether (sulfide) groups is 1.